The quantitative estimate of drug-likeness (QED) is 0.834. The normalized spacial score (nSPS) is 11.9. The molecule has 0 saturated heterocycles. The second kappa shape index (κ2) is 7.01. The van der Waals surface area contributed by atoms with Crippen LogP contribution in [0.3, 0.4) is 0 Å². The van der Waals surface area contributed by atoms with Gasteiger partial charge in [-0.05, 0) is 37.1 Å². The highest BCUT2D eigenvalue weighted by molar-refractivity contribution is 6.30. The van der Waals surface area contributed by atoms with E-state index in [2.05, 4.69) is 5.32 Å². The molecule has 1 aromatic rings. The van der Waals surface area contributed by atoms with Crippen molar-refractivity contribution in [1.29, 1.82) is 0 Å². The predicted octanol–water partition coefficient (Wildman–Crippen LogP) is 3.17. The van der Waals surface area contributed by atoms with Gasteiger partial charge in [0, 0.05) is 17.1 Å². The molecule has 0 aliphatic rings. The maximum absolute atomic E-state index is 11.6. The molecule has 0 aromatic heterocycles. The molecule has 0 saturated carbocycles. The summed E-state index contributed by atoms with van der Waals surface area (Å²) in [5.74, 6) is -1.49. The SMILES string of the molecule is CCC(CCC(=O)Nc1ccc(Cl)cc1)C(=O)O. The van der Waals surface area contributed by atoms with E-state index < -0.39 is 11.9 Å². The number of carboxylic acid groups (broad SMARTS) is 1. The molecule has 1 rings (SSSR count). The summed E-state index contributed by atoms with van der Waals surface area (Å²) in [4.78, 5) is 22.4. The molecule has 1 atom stereocenters. The molecule has 2 N–H and O–H groups in total. The third-order valence-corrected chi connectivity index (χ3v) is 2.94. The Morgan fingerprint density at radius 2 is 1.94 bits per heavy atom. The highest BCUT2D eigenvalue weighted by Gasteiger charge is 2.16. The van der Waals surface area contributed by atoms with Crippen LogP contribution < -0.4 is 5.32 Å². The summed E-state index contributed by atoms with van der Waals surface area (Å²) in [5.41, 5.74) is 0.660. The van der Waals surface area contributed by atoms with E-state index in [-0.39, 0.29) is 12.3 Å². The van der Waals surface area contributed by atoms with E-state index in [1.54, 1.807) is 31.2 Å². The van der Waals surface area contributed by atoms with Crippen LogP contribution in [0.25, 0.3) is 0 Å². The van der Waals surface area contributed by atoms with E-state index in [1.807, 2.05) is 0 Å². The first-order chi connectivity index (χ1) is 8.52. The van der Waals surface area contributed by atoms with Gasteiger partial charge in [-0.1, -0.05) is 18.5 Å². The molecule has 0 aliphatic carbocycles. The predicted molar refractivity (Wildman–Crippen MR) is 70.7 cm³/mol. The lowest BCUT2D eigenvalue weighted by Crippen LogP contribution is -2.17. The summed E-state index contributed by atoms with van der Waals surface area (Å²) < 4.78 is 0. The van der Waals surface area contributed by atoms with Gasteiger partial charge in [0.25, 0.3) is 0 Å². The number of carbonyl (C=O) groups excluding carboxylic acids is 1. The van der Waals surface area contributed by atoms with Gasteiger partial charge in [0.2, 0.25) is 5.91 Å². The molecule has 0 radical (unpaired) electrons. The molecular weight excluding hydrogens is 254 g/mol. The minimum absolute atomic E-state index is 0.183. The molecular formula is C13H16ClNO3. The van der Waals surface area contributed by atoms with Crippen LogP contribution in [0.4, 0.5) is 5.69 Å². The van der Waals surface area contributed by atoms with Crippen molar-refractivity contribution < 1.29 is 14.7 Å². The average molecular weight is 270 g/mol. The Balaban J connectivity index is 2.42. The first-order valence-corrected chi connectivity index (χ1v) is 6.19. The second-order valence-electron chi connectivity index (χ2n) is 4.04. The molecule has 0 fully saturated rings. The fourth-order valence-corrected chi connectivity index (χ4v) is 1.69. The van der Waals surface area contributed by atoms with Crippen molar-refractivity contribution in [3.05, 3.63) is 29.3 Å². The molecule has 98 valence electrons. The van der Waals surface area contributed by atoms with Crippen LogP contribution in [0, 0.1) is 5.92 Å². The van der Waals surface area contributed by atoms with Gasteiger partial charge in [-0.2, -0.15) is 0 Å². The van der Waals surface area contributed by atoms with Crippen molar-refractivity contribution in [1.82, 2.24) is 0 Å². The molecule has 0 spiro atoms. The Kier molecular flexibility index (Phi) is 5.65. The largest absolute Gasteiger partial charge is 0.481 e. The van der Waals surface area contributed by atoms with Gasteiger partial charge in [-0.3, -0.25) is 9.59 Å². The van der Waals surface area contributed by atoms with Crippen molar-refractivity contribution in [2.24, 2.45) is 5.92 Å². The summed E-state index contributed by atoms with van der Waals surface area (Å²) >= 11 is 5.73. The van der Waals surface area contributed by atoms with Crippen LogP contribution in [0.5, 0.6) is 0 Å². The van der Waals surface area contributed by atoms with E-state index in [9.17, 15) is 9.59 Å². The number of aliphatic carboxylic acids is 1. The zero-order chi connectivity index (χ0) is 13.5. The standard InChI is InChI=1S/C13H16ClNO3/c1-2-9(13(17)18)3-8-12(16)15-11-6-4-10(14)5-7-11/h4-7,9H,2-3,8H2,1H3,(H,15,16)(H,17,18). The fourth-order valence-electron chi connectivity index (χ4n) is 1.56. The number of benzene rings is 1. The van der Waals surface area contributed by atoms with Gasteiger partial charge >= 0.3 is 5.97 Å². The molecule has 0 aliphatic heterocycles. The molecule has 18 heavy (non-hydrogen) atoms. The summed E-state index contributed by atoms with van der Waals surface area (Å²) in [7, 11) is 0. The summed E-state index contributed by atoms with van der Waals surface area (Å²) in [5, 5.41) is 12.2. The van der Waals surface area contributed by atoms with Gasteiger partial charge < -0.3 is 10.4 Å². The van der Waals surface area contributed by atoms with Crippen LogP contribution in [0.2, 0.25) is 5.02 Å². The van der Waals surface area contributed by atoms with E-state index in [0.29, 0.717) is 23.6 Å². The number of halogens is 1. The Morgan fingerprint density at radius 1 is 1.33 bits per heavy atom. The van der Waals surface area contributed by atoms with E-state index in [0.717, 1.165) is 0 Å². The van der Waals surface area contributed by atoms with Crippen LogP contribution in [0.15, 0.2) is 24.3 Å². The van der Waals surface area contributed by atoms with Crippen LogP contribution in [-0.4, -0.2) is 17.0 Å². The smallest absolute Gasteiger partial charge is 0.306 e. The zero-order valence-corrected chi connectivity index (χ0v) is 10.9. The Hall–Kier alpha value is -1.55. The third-order valence-electron chi connectivity index (χ3n) is 2.69. The number of hydrogen-bond acceptors (Lipinski definition) is 2. The van der Waals surface area contributed by atoms with Gasteiger partial charge in [-0.15, -0.1) is 0 Å². The summed E-state index contributed by atoms with van der Waals surface area (Å²) in [6, 6.07) is 6.77. The van der Waals surface area contributed by atoms with Crippen LogP contribution >= 0.6 is 11.6 Å². The molecule has 0 heterocycles. The van der Waals surface area contributed by atoms with E-state index in [4.69, 9.17) is 16.7 Å². The van der Waals surface area contributed by atoms with Crippen LogP contribution in [0.1, 0.15) is 26.2 Å². The van der Waals surface area contributed by atoms with Crippen molar-refractivity contribution in [3.63, 3.8) is 0 Å². The molecule has 4 nitrogen and oxygen atoms in total. The Bertz CT molecular complexity index is 417. The summed E-state index contributed by atoms with van der Waals surface area (Å²) in [6.45, 7) is 1.80. The lowest BCUT2D eigenvalue weighted by Gasteiger charge is -2.09. The van der Waals surface area contributed by atoms with E-state index in [1.165, 1.54) is 0 Å². The van der Waals surface area contributed by atoms with E-state index >= 15 is 0 Å². The number of hydrogen-bond donors (Lipinski definition) is 2. The molecule has 5 heteroatoms. The number of rotatable bonds is 6. The third kappa shape index (κ3) is 4.75. The van der Waals surface area contributed by atoms with Crippen LogP contribution in [-0.2, 0) is 9.59 Å². The van der Waals surface area contributed by atoms with Gasteiger partial charge in [0.15, 0.2) is 0 Å². The van der Waals surface area contributed by atoms with Crippen molar-refractivity contribution in [3.8, 4) is 0 Å². The van der Waals surface area contributed by atoms with Gasteiger partial charge in [0.1, 0.15) is 0 Å². The first kappa shape index (κ1) is 14.5. The molecule has 1 amide bonds. The average Bonchev–Trinajstić information content (AvgIpc) is 2.32. The maximum Gasteiger partial charge on any atom is 0.306 e. The first-order valence-electron chi connectivity index (χ1n) is 5.81. The Morgan fingerprint density at radius 3 is 2.44 bits per heavy atom. The monoisotopic (exact) mass is 269 g/mol. The molecule has 1 aromatic carbocycles. The van der Waals surface area contributed by atoms with Crippen molar-refractivity contribution >= 4 is 29.2 Å². The number of anilines is 1. The topological polar surface area (TPSA) is 66.4 Å². The van der Waals surface area contributed by atoms with Gasteiger partial charge in [0.05, 0.1) is 5.92 Å². The van der Waals surface area contributed by atoms with Crippen molar-refractivity contribution in [2.75, 3.05) is 5.32 Å². The Labute approximate surface area is 111 Å². The van der Waals surface area contributed by atoms with Crippen molar-refractivity contribution in [2.45, 2.75) is 26.2 Å². The molecule has 1 unspecified atom stereocenters. The van der Waals surface area contributed by atoms with Gasteiger partial charge in [-0.25, -0.2) is 0 Å². The lowest BCUT2D eigenvalue weighted by atomic mass is 10.0. The number of amides is 1. The fraction of sp³-hybridized carbons (Fsp3) is 0.385. The number of carbonyl (C=O) groups is 2. The second-order valence-corrected chi connectivity index (χ2v) is 4.47. The zero-order valence-electron chi connectivity index (χ0n) is 10.1. The number of carboxylic acids is 1. The highest BCUT2D eigenvalue weighted by atomic mass is 35.5. The lowest BCUT2D eigenvalue weighted by molar-refractivity contribution is -0.142. The maximum atomic E-state index is 11.6. The minimum Gasteiger partial charge on any atom is -0.481 e. The highest BCUT2D eigenvalue weighted by Crippen LogP contribution is 2.15. The number of nitrogens with one attached hydrogen (secondary N) is 1. The minimum atomic E-state index is -0.850. The molecule has 0 bridgehead atoms. The summed E-state index contributed by atoms with van der Waals surface area (Å²) in [6.07, 6.45) is 1.09.